The highest BCUT2D eigenvalue weighted by Gasteiger charge is 2.21. The van der Waals surface area contributed by atoms with Crippen LogP contribution in [-0.4, -0.2) is 37.6 Å². The molecule has 1 saturated heterocycles. The van der Waals surface area contributed by atoms with Gasteiger partial charge < -0.3 is 15.5 Å². The molecule has 0 amide bonds. The van der Waals surface area contributed by atoms with Crippen LogP contribution in [0.1, 0.15) is 38.3 Å². The minimum absolute atomic E-state index is 0.118. The van der Waals surface area contributed by atoms with Gasteiger partial charge in [-0.3, -0.25) is 0 Å². The van der Waals surface area contributed by atoms with E-state index in [0.717, 1.165) is 0 Å². The van der Waals surface area contributed by atoms with Gasteiger partial charge in [0.25, 0.3) is 0 Å². The summed E-state index contributed by atoms with van der Waals surface area (Å²) in [5, 5.41) is 0. The number of likely N-dealkylation sites (tertiary alicyclic amines) is 1. The quantitative estimate of drug-likeness (QED) is 0.904. The number of nitrogens with two attached hydrogens (primary N) is 1. The van der Waals surface area contributed by atoms with Gasteiger partial charge >= 0.3 is 0 Å². The summed E-state index contributed by atoms with van der Waals surface area (Å²) in [5.41, 5.74) is 8.41. The fourth-order valence-corrected chi connectivity index (χ4v) is 2.85. The average molecular weight is 261 g/mol. The molecule has 19 heavy (non-hydrogen) atoms. The maximum absolute atomic E-state index is 5.89. The summed E-state index contributed by atoms with van der Waals surface area (Å²) in [5.74, 6) is 0. The molecule has 3 heteroatoms. The highest BCUT2D eigenvalue weighted by atomic mass is 15.2. The number of rotatable bonds is 4. The normalized spacial score (nSPS) is 19.4. The summed E-state index contributed by atoms with van der Waals surface area (Å²) >= 11 is 0. The molecular weight excluding hydrogens is 234 g/mol. The lowest BCUT2D eigenvalue weighted by molar-refractivity contribution is 0.221. The molecule has 106 valence electrons. The van der Waals surface area contributed by atoms with Gasteiger partial charge in [-0.1, -0.05) is 19.1 Å². The van der Waals surface area contributed by atoms with E-state index in [1.165, 1.54) is 43.7 Å². The highest BCUT2D eigenvalue weighted by Crippen LogP contribution is 2.23. The second kappa shape index (κ2) is 6.40. The van der Waals surface area contributed by atoms with Crippen molar-refractivity contribution in [3.63, 3.8) is 0 Å². The van der Waals surface area contributed by atoms with Crippen LogP contribution in [0.4, 0.5) is 5.69 Å². The minimum atomic E-state index is 0.118. The minimum Gasteiger partial charge on any atom is -0.372 e. The zero-order chi connectivity index (χ0) is 13.8. The molecule has 1 heterocycles. The number of benzene rings is 1. The van der Waals surface area contributed by atoms with Crippen LogP contribution < -0.4 is 10.6 Å². The van der Waals surface area contributed by atoms with Crippen molar-refractivity contribution in [1.82, 2.24) is 4.90 Å². The van der Waals surface area contributed by atoms with Crippen molar-refractivity contribution in [2.24, 2.45) is 5.73 Å². The van der Waals surface area contributed by atoms with E-state index < -0.39 is 0 Å². The topological polar surface area (TPSA) is 32.5 Å². The molecule has 1 aromatic carbocycles. The van der Waals surface area contributed by atoms with E-state index in [9.17, 15) is 0 Å². The van der Waals surface area contributed by atoms with Gasteiger partial charge in [0.1, 0.15) is 0 Å². The first kappa shape index (κ1) is 14.4. The fraction of sp³-hybridized carbons (Fsp3) is 0.625. The van der Waals surface area contributed by atoms with E-state index in [1.54, 1.807) is 0 Å². The third kappa shape index (κ3) is 3.48. The maximum atomic E-state index is 5.89. The lowest BCUT2D eigenvalue weighted by Gasteiger charge is -2.37. The number of hydrogen-bond acceptors (Lipinski definition) is 3. The lowest BCUT2D eigenvalue weighted by atomic mass is 10.0. The summed E-state index contributed by atoms with van der Waals surface area (Å²) in [6.07, 6.45) is 2.53. The predicted octanol–water partition coefficient (Wildman–Crippen LogP) is 2.63. The molecule has 2 rings (SSSR count). The Bertz CT molecular complexity index is 377. The van der Waals surface area contributed by atoms with Crippen molar-refractivity contribution in [1.29, 1.82) is 0 Å². The molecule has 0 spiro atoms. The first-order chi connectivity index (χ1) is 9.11. The van der Waals surface area contributed by atoms with Crippen molar-refractivity contribution >= 4 is 5.69 Å². The van der Waals surface area contributed by atoms with E-state index in [-0.39, 0.29) is 6.04 Å². The molecule has 0 unspecified atom stereocenters. The second-order valence-electron chi connectivity index (χ2n) is 5.66. The summed E-state index contributed by atoms with van der Waals surface area (Å²) in [4.78, 5) is 4.96. The van der Waals surface area contributed by atoms with Crippen molar-refractivity contribution < 1.29 is 0 Å². The lowest BCUT2D eigenvalue weighted by Crippen LogP contribution is -2.43. The Morgan fingerprint density at radius 3 is 2.32 bits per heavy atom. The summed E-state index contributed by atoms with van der Waals surface area (Å²) < 4.78 is 0. The monoisotopic (exact) mass is 261 g/mol. The Kier molecular flexibility index (Phi) is 4.83. The molecule has 0 saturated carbocycles. The van der Waals surface area contributed by atoms with Gasteiger partial charge in [0.05, 0.1) is 0 Å². The smallest absolute Gasteiger partial charge is 0.0366 e. The second-order valence-corrected chi connectivity index (χ2v) is 5.66. The van der Waals surface area contributed by atoms with Crippen LogP contribution in [-0.2, 0) is 0 Å². The van der Waals surface area contributed by atoms with Gasteiger partial charge in [-0.25, -0.2) is 0 Å². The molecule has 3 nitrogen and oxygen atoms in total. The molecule has 1 aromatic rings. The SMILES string of the molecule is CCN1CCC(N(C)c2ccc([C@@H](C)N)cc2)CC1. The summed E-state index contributed by atoms with van der Waals surface area (Å²) in [6.45, 7) is 7.91. The molecule has 0 aliphatic carbocycles. The van der Waals surface area contributed by atoms with E-state index in [4.69, 9.17) is 5.73 Å². The molecule has 1 aliphatic rings. The van der Waals surface area contributed by atoms with Crippen molar-refractivity contribution in [2.75, 3.05) is 31.6 Å². The highest BCUT2D eigenvalue weighted by molar-refractivity contribution is 5.48. The number of anilines is 1. The predicted molar refractivity (Wildman–Crippen MR) is 82.6 cm³/mol. The van der Waals surface area contributed by atoms with Crippen LogP contribution >= 0.6 is 0 Å². The molecule has 0 bridgehead atoms. The molecule has 2 N–H and O–H groups in total. The fourth-order valence-electron chi connectivity index (χ4n) is 2.85. The average Bonchev–Trinajstić information content (AvgIpc) is 2.46. The van der Waals surface area contributed by atoms with E-state index in [1.807, 2.05) is 6.92 Å². The van der Waals surface area contributed by atoms with Crippen LogP contribution in [0.2, 0.25) is 0 Å². The maximum Gasteiger partial charge on any atom is 0.0366 e. The number of nitrogens with zero attached hydrogens (tertiary/aromatic N) is 2. The number of hydrogen-bond donors (Lipinski definition) is 1. The zero-order valence-corrected chi connectivity index (χ0v) is 12.5. The molecule has 1 atom stereocenters. The summed E-state index contributed by atoms with van der Waals surface area (Å²) in [6, 6.07) is 9.49. The summed E-state index contributed by atoms with van der Waals surface area (Å²) in [7, 11) is 2.22. The molecular formula is C16H27N3. The molecule has 1 aliphatic heterocycles. The molecule has 0 aromatic heterocycles. The van der Waals surface area contributed by atoms with E-state index in [0.29, 0.717) is 6.04 Å². The molecule has 0 radical (unpaired) electrons. The van der Waals surface area contributed by atoms with E-state index >= 15 is 0 Å². The number of piperidine rings is 1. The third-order valence-corrected chi connectivity index (χ3v) is 4.38. The van der Waals surface area contributed by atoms with Gasteiger partial charge in [0.2, 0.25) is 0 Å². The van der Waals surface area contributed by atoms with Crippen LogP contribution in [0.25, 0.3) is 0 Å². The van der Waals surface area contributed by atoms with Gasteiger partial charge in [0, 0.05) is 37.9 Å². The van der Waals surface area contributed by atoms with Gasteiger partial charge in [0.15, 0.2) is 0 Å². The first-order valence-corrected chi connectivity index (χ1v) is 7.42. The van der Waals surface area contributed by atoms with Gasteiger partial charge in [-0.2, -0.15) is 0 Å². The van der Waals surface area contributed by atoms with Crippen LogP contribution in [0.15, 0.2) is 24.3 Å². The Labute approximate surface area is 117 Å². The largest absolute Gasteiger partial charge is 0.372 e. The first-order valence-electron chi connectivity index (χ1n) is 7.42. The Morgan fingerprint density at radius 1 is 1.26 bits per heavy atom. The van der Waals surface area contributed by atoms with E-state index in [2.05, 4.69) is 48.0 Å². The Morgan fingerprint density at radius 2 is 1.84 bits per heavy atom. The van der Waals surface area contributed by atoms with Crippen molar-refractivity contribution in [2.45, 2.75) is 38.8 Å². The van der Waals surface area contributed by atoms with Crippen LogP contribution in [0.3, 0.4) is 0 Å². The van der Waals surface area contributed by atoms with Gasteiger partial charge in [-0.15, -0.1) is 0 Å². The van der Waals surface area contributed by atoms with Gasteiger partial charge in [-0.05, 0) is 44.0 Å². The Balaban J connectivity index is 1.97. The molecule has 1 fully saturated rings. The van der Waals surface area contributed by atoms with Crippen LogP contribution in [0.5, 0.6) is 0 Å². The van der Waals surface area contributed by atoms with Crippen molar-refractivity contribution in [3.05, 3.63) is 29.8 Å². The van der Waals surface area contributed by atoms with Crippen LogP contribution in [0, 0.1) is 0 Å². The Hall–Kier alpha value is -1.06. The standard InChI is InChI=1S/C16H27N3/c1-4-19-11-9-16(10-12-19)18(3)15-7-5-14(6-8-15)13(2)17/h5-8,13,16H,4,9-12,17H2,1-3H3/t13-/m1/s1. The third-order valence-electron chi connectivity index (χ3n) is 4.38. The van der Waals surface area contributed by atoms with Crippen molar-refractivity contribution in [3.8, 4) is 0 Å². The zero-order valence-electron chi connectivity index (χ0n) is 12.5.